The number of nitrogens with one attached hydrogen (secondary N) is 3. The largest absolute Gasteiger partial charge is 0.530 e. The molecule has 50 heavy (non-hydrogen) atoms. The van der Waals surface area contributed by atoms with E-state index in [1.807, 2.05) is 91.0 Å². The van der Waals surface area contributed by atoms with Crippen LogP contribution in [0.1, 0.15) is 63.1 Å². The monoisotopic (exact) mass is 687 g/mol. The van der Waals surface area contributed by atoms with Gasteiger partial charge in [-0.25, -0.2) is 4.79 Å². The van der Waals surface area contributed by atoms with E-state index >= 15 is 0 Å². The quantitative estimate of drug-likeness (QED) is 0.153. The first-order chi connectivity index (χ1) is 23.9. The van der Waals surface area contributed by atoms with Crippen LogP contribution in [0.3, 0.4) is 0 Å². The first-order valence-electron chi connectivity index (χ1n) is 17.3. The molecule has 0 spiro atoms. The molecule has 1 aliphatic rings. The second-order valence-electron chi connectivity index (χ2n) is 14.1. The Morgan fingerprint density at radius 1 is 0.760 bits per heavy atom. The average molecular weight is 688 g/mol. The Morgan fingerprint density at radius 2 is 1.20 bits per heavy atom. The molecule has 11 heteroatoms. The highest BCUT2D eigenvalue weighted by Gasteiger charge is 2.47. The summed E-state index contributed by atoms with van der Waals surface area (Å²) in [6.45, 7) is 5.31. The van der Waals surface area contributed by atoms with E-state index in [4.69, 9.17) is 4.74 Å². The van der Waals surface area contributed by atoms with Gasteiger partial charge in [-0.15, -0.1) is 0 Å². The summed E-state index contributed by atoms with van der Waals surface area (Å²) >= 11 is 0. The molecule has 3 aromatic carbocycles. The molecule has 5 N–H and O–H groups in total. The molecule has 1 fully saturated rings. The lowest BCUT2D eigenvalue weighted by atomic mass is 9.91. The molecule has 4 atom stereocenters. The fourth-order valence-electron chi connectivity index (χ4n) is 6.46. The predicted octanol–water partition coefficient (Wildman–Crippen LogP) is 3.32. The van der Waals surface area contributed by atoms with Crippen molar-refractivity contribution in [1.82, 2.24) is 20.9 Å². The first kappa shape index (κ1) is 38.4. The van der Waals surface area contributed by atoms with Crippen molar-refractivity contribution >= 4 is 18.1 Å². The van der Waals surface area contributed by atoms with Crippen LogP contribution in [-0.2, 0) is 28.9 Å². The van der Waals surface area contributed by atoms with Crippen LogP contribution in [0.15, 0.2) is 91.0 Å². The van der Waals surface area contributed by atoms with Gasteiger partial charge in [-0.1, -0.05) is 104 Å². The van der Waals surface area contributed by atoms with E-state index in [0.29, 0.717) is 32.1 Å². The Labute approximate surface area is 295 Å². The van der Waals surface area contributed by atoms with Crippen molar-refractivity contribution in [3.8, 4) is 0 Å². The van der Waals surface area contributed by atoms with Gasteiger partial charge in [0, 0.05) is 19.6 Å². The van der Waals surface area contributed by atoms with Gasteiger partial charge in [0.25, 0.3) is 0 Å². The fourth-order valence-corrected chi connectivity index (χ4v) is 6.46. The van der Waals surface area contributed by atoms with Gasteiger partial charge in [-0.05, 0) is 63.1 Å². The third-order valence-corrected chi connectivity index (χ3v) is 9.03. The van der Waals surface area contributed by atoms with Gasteiger partial charge in [0.1, 0.15) is 17.2 Å². The van der Waals surface area contributed by atoms with Gasteiger partial charge in [0.15, 0.2) is 0 Å². The molecular weight excluding hydrogens is 636 g/mol. The fraction of sp³-hybridized carbons (Fsp3) is 0.462. The number of carbonyl (C=O) groups is 3. The summed E-state index contributed by atoms with van der Waals surface area (Å²) in [4.78, 5) is 40.5. The smallest absolute Gasteiger partial charge is 0.407 e. The number of aliphatic hydroxyl groups is 2. The highest BCUT2D eigenvalue weighted by molar-refractivity contribution is 5.90. The van der Waals surface area contributed by atoms with Crippen molar-refractivity contribution in [2.45, 2.75) is 101 Å². The minimum absolute atomic E-state index is 0.000546. The molecule has 0 heterocycles. The van der Waals surface area contributed by atoms with Crippen LogP contribution in [0, 0.1) is 0 Å². The third kappa shape index (κ3) is 11.3. The van der Waals surface area contributed by atoms with Gasteiger partial charge in [0.05, 0.1) is 24.3 Å². The molecule has 1 saturated carbocycles. The molecule has 11 nitrogen and oxygen atoms in total. The minimum atomic E-state index is -1.42. The minimum Gasteiger partial charge on any atom is -0.530 e. The topological polar surface area (TPSA) is 163 Å². The number of rotatable bonds is 16. The first-order valence-corrected chi connectivity index (χ1v) is 17.3. The van der Waals surface area contributed by atoms with Crippen LogP contribution in [0.2, 0.25) is 0 Å². The zero-order valence-corrected chi connectivity index (χ0v) is 29.2. The average Bonchev–Trinajstić information content (AvgIpc) is 3.58. The summed E-state index contributed by atoms with van der Waals surface area (Å²) in [6.07, 6.45) is -1.56. The molecule has 4 rings (SSSR count). The summed E-state index contributed by atoms with van der Waals surface area (Å²) in [5.41, 5.74) is 0.472. The summed E-state index contributed by atoms with van der Waals surface area (Å²) in [7, 11) is 0. The van der Waals surface area contributed by atoms with Gasteiger partial charge in [-0.3, -0.25) is 4.79 Å². The number of benzene rings is 3. The standard InChI is InChI=1S/C39H52N4O7/c1-38(2,3)50-36(47)42-32(24-29-17-9-5-10-18-29)34(45)26-40-25-33(44)31(23-28-15-7-4-8-16-28)41-35(46)39(21-13-14-22-39)43(37(48)49)27-30-19-11-6-12-20-30/h4-12,15-20,31-34,40,44-45H,13-14,21-27H2,1-3H3,(H,41,46)(H,42,47)(H,48,49)/p-1/t31-,32-,33+,34+/m0/s1. The number of carbonyl (C=O) groups excluding carboxylic acids is 3. The van der Waals surface area contributed by atoms with E-state index in [0.717, 1.165) is 21.6 Å². The highest BCUT2D eigenvalue weighted by Crippen LogP contribution is 2.37. The summed E-state index contributed by atoms with van der Waals surface area (Å²) < 4.78 is 5.43. The second-order valence-corrected chi connectivity index (χ2v) is 14.1. The molecule has 0 unspecified atom stereocenters. The lowest BCUT2D eigenvalue weighted by Gasteiger charge is -2.43. The van der Waals surface area contributed by atoms with E-state index in [1.54, 1.807) is 20.8 Å². The molecule has 0 bridgehead atoms. The van der Waals surface area contributed by atoms with Gasteiger partial charge < -0.3 is 45.7 Å². The maximum atomic E-state index is 14.2. The maximum Gasteiger partial charge on any atom is 0.407 e. The number of aliphatic hydroxyl groups excluding tert-OH is 2. The van der Waals surface area contributed by atoms with E-state index in [1.165, 1.54) is 0 Å². The molecular formula is C39H51N4O7-. The van der Waals surface area contributed by atoms with Gasteiger partial charge in [-0.2, -0.15) is 0 Å². The van der Waals surface area contributed by atoms with Crippen molar-refractivity contribution in [2.24, 2.45) is 0 Å². The lowest BCUT2D eigenvalue weighted by Crippen LogP contribution is -2.64. The van der Waals surface area contributed by atoms with Crippen LogP contribution in [0.25, 0.3) is 0 Å². The SMILES string of the molecule is CC(C)(C)OC(=O)N[C@@H](Cc1ccccc1)[C@H](O)CNC[C@@H](O)[C@H](Cc1ccccc1)NC(=O)C1(N(Cc2ccccc2)C(=O)[O-])CCCC1. The van der Waals surface area contributed by atoms with Gasteiger partial charge >= 0.3 is 6.09 Å². The van der Waals surface area contributed by atoms with E-state index in [2.05, 4.69) is 16.0 Å². The van der Waals surface area contributed by atoms with Crippen molar-refractivity contribution < 1.29 is 34.4 Å². The maximum absolute atomic E-state index is 14.2. The molecule has 3 amide bonds. The Hall–Kier alpha value is -4.45. The lowest BCUT2D eigenvalue weighted by molar-refractivity contribution is -0.272. The molecule has 0 saturated heterocycles. The third-order valence-electron chi connectivity index (χ3n) is 9.03. The van der Waals surface area contributed by atoms with Crippen molar-refractivity contribution in [1.29, 1.82) is 0 Å². The molecule has 0 aromatic heterocycles. The zero-order chi connectivity index (χ0) is 36.1. The van der Waals surface area contributed by atoms with Crippen molar-refractivity contribution in [2.75, 3.05) is 13.1 Å². The van der Waals surface area contributed by atoms with Crippen LogP contribution >= 0.6 is 0 Å². The number of hydrogen-bond acceptors (Lipinski definition) is 8. The Bertz CT molecular complexity index is 1500. The Morgan fingerprint density at radius 3 is 1.64 bits per heavy atom. The van der Waals surface area contributed by atoms with E-state index in [9.17, 15) is 29.7 Å². The van der Waals surface area contributed by atoms with Gasteiger partial charge in [0.2, 0.25) is 5.91 Å². The van der Waals surface area contributed by atoms with Crippen LogP contribution < -0.4 is 21.1 Å². The van der Waals surface area contributed by atoms with Crippen molar-refractivity contribution in [3.63, 3.8) is 0 Å². The van der Waals surface area contributed by atoms with Crippen LogP contribution in [-0.4, -0.2) is 81.7 Å². The number of alkyl carbamates (subject to hydrolysis) is 1. The molecule has 0 radical (unpaired) electrons. The van der Waals surface area contributed by atoms with E-state index < -0.39 is 53.5 Å². The molecule has 3 aromatic rings. The van der Waals surface area contributed by atoms with E-state index in [-0.39, 0.29) is 26.1 Å². The number of ether oxygens (including phenoxy) is 1. The second kappa shape index (κ2) is 18.0. The Kier molecular flexibility index (Phi) is 13.8. The molecule has 0 aliphatic heterocycles. The summed E-state index contributed by atoms with van der Waals surface area (Å²) in [5.74, 6) is -0.473. The molecule has 1 aliphatic carbocycles. The summed E-state index contributed by atoms with van der Waals surface area (Å²) in [5, 5.41) is 44.2. The number of carboxylic acid groups (broad SMARTS) is 1. The zero-order valence-electron chi connectivity index (χ0n) is 29.2. The van der Waals surface area contributed by atoms with Crippen LogP contribution in [0.4, 0.5) is 9.59 Å². The Balaban J connectivity index is 1.47. The summed E-state index contributed by atoms with van der Waals surface area (Å²) in [6, 6.07) is 26.5. The van der Waals surface area contributed by atoms with Crippen molar-refractivity contribution in [3.05, 3.63) is 108 Å². The predicted molar refractivity (Wildman–Crippen MR) is 189 cm³/mol. The number of amides is 3. The highest BCUT2D eigenvalue weighted by atomic mass is 16.6. The number of nitrogens with zero attached hydrogens (tertiary/aromatic N) is 1. The van der Waals surface area contributed by atoms with Crippen LogP contribution in [0.5, 0.6) is 0 Å². The molecule has 270 valence electrons. The number of hydrogen-bond donors (Lipinski definition) is 5. The normalized spacial score (nSPS) is 16.4.